The Morgan fingerprint density at radius 3 is 2.03 bits per heavy atom. The van der Waals surface area contributed by atoms with Crippen LogP contribution in [0.15, 0.2) is 58.3 Å². The average Bonchev–Trinajstić information content (AvgIpc) is 3.09. The first-order chi connectivity index (χ1) is 14.3. The van der Waals surface area contributed by atoms with Gasteiger partial charge in [0.05, 0.1) is 22.6 Å². The maximum Gasteiger partial charge on any atom is 0.262 e. The molecule has 1 aliphatic carbocycles. The van der Waals surface area contributed by atoms with E-state index in [-0.39, 0.29) is 21.2 Å². The maximum absolute atomic E-state index is 13.4. The number of anilines is 1. The molecule has 2 bridgehead atoms. The SMILES string of the molecule is COc1ccc(S(=O)(=O)N2CC3CCC(CC3)C2)cc1NS(=O)(=O)c1ccccc1. The van der Waals surface area contributed by atoms with Crippen molar-refractivity contribution in [2.45, 2.75) is 35.5 Å². The minimum atomic E-state index is -3.88. The molecule has 2 aliphatic heterocycles. The highest BCUT2D eigenvalue weighted by molar-refractivity contribution is 7.92. The Kier molecular flexibility index (Phi) is 5.78. The summed E-state index contributed by atoms with van der Waals surface area (Å²) in [5, 5.41) is 0. The van der Waals surface area contributed by atoms with E-state index in [1.165, 1.54) is 37.4 Å². The molecular weight excluding hydrogens is 424 g/mol. The highest BCUT2D eigenvalue weighted by Gasteiger charge is 2.36. The van der Waals surface area contributed by atoms with Crippen LogP contribution in [0.4, 0.5) is 5.69 Å². The van der Waals surface area contributed by atoms with Gasteiger partial charge in [0.2, 0.25) is 10.0 Å². The second-order valence-electron chi connectivity index (χ2n) is 7.99. The van der Waals surface area contributed by atoms with E-state index in [9.17, 15) is 16.8 Å². The van der Waals surface area contributed by atoms with Crippen LogP contribution in [-0.2, 0) is 20.0 Å². The largest absolute Gasteiger partial charge is 0.495 e. The molecule has 2 heterocycles. The van der Waals surface area contributed by atoms with E-state index >= 15 is 0 Å². The molecule has 0 atom stereocenters. The van der Waals surface area contributed by atoms with E-state index in [0.717, 1.165) is 25.7 Å². The Morgan fingerprint density at radius 1 is 0.867 bits per heavy atom. The van der Waals surface area contributed by atoms with Gasteiger partial charge in [0.15, 0.2) is 0 Å². The molecule has 0 radical (unpaired) electrons. The second-order valence-corrected chi connectivity index (χ2v) is 11.6. The van der Waals surface area contributed by atoms with E-state index in [0.29, 0.717) is 24.9 Å². The van der Waals surface area contributed by atoms with E-state index in [2.05, 4.69) is 4.72 Å². The first kappa shape index (κ1) is 21.1. The van der Waals surface area contributed by atoms with Gasteiger partial charge in [-0.25, -0.2) is 16.8 Å². The molecule has 3 fully saturated rings. The van der Waals surface area contributed by atoms with Crippen molar-refractivity contribution in [1.29, 1.82) is 0 Å². The molecule has 0 unspecified atom stereocenters. The summed E-state index contributed by atoms with van der Waals surface area (Å²) in [6, 6.07) is 12.2. The van der Waals surface area contributed by atoms with Gasteiger partial charge in [0.25, 0.3) is 10.0 Å². The molecule has 1 N–H and O–H groups in total. The van der Waals surface area contributed by atoms with E-state index in [1.54, 1.807) is 22.5 Å². The van der Waals surface area contributed by atoms with Crippen molar-refractivity contribution in [3.05, 3.63) is 48.5 Å². The second kappa shape index (κ2) is 8.20. The van der Waals surface area contributed by atoms with Crippen molar-refractivity contribution in [3.63, 3.8) is 0 Å². The number of hydrogen-bond donors (Lipinski definition) is 1. The molecule has 162 valence electrons. The van der Waals surface area contributed by atoms with Crippen LogP contribution in [0.25, 0.3) is 0 Å². The van der Waals surface area contributed by atoms with Crippen LogP contribution in [-0.4, -0.2) is 41.3 Å². The van der Waals surface area contributed by atoms with Crippen LogP contribution < -0.4 is 9.46 Å². The number of nitrogens with one attached hydrogen (secondary N) is 1. The first-order valence-electron chi connectivity index (χ1n) is 10.1. The molecule has 2 saturated heterocycles. The molecule has 30 heavy (non-hydrogen) atoms. The van der Waals surface area contributed by atoms with Gasteiger partial charge in [-0.15, -0.1) is 0 Å². The minimum Gasteiger partial charge on any atom is -0.495 e. The molecule has 7 nitrogen and oxygen atoms in total. The van der Waals surface area contributed by atoms with Crippen molar-refractivity contribution in [2.24, 2.45) is 11.8 Å². The molecule has 2 aromatic rings. The predicted octanol–water partition coefficient (Wildman–Crippen LogP) is 3.31. The Hall–Kier alpha value is -2.10. The molecule has 3 aliphatic rings. The lowest BCUT2D eigenvalue weighted by molar-refractivity contribution is 0.326. The summed E-state index contributed by atoms with van der Waals surface area (Å²) >= 11 is 0. The molecule has 0 amide bonds. The summed E-state index contributed by atoms with van der Waals surface area (Å²) in [6.45, 7) is 1.05. The number of sulfonamides is 2. The fourth-order valence-electron chi connectivity index (χ4n) is 4.32. The van der Waals surface area contributed by atoms with E-state index in [1.807, 2.05) is 0 Å². The monoisotopic (exact) mass is 450 g/mol. The molecule has 0 aromatic heterocycles. The van der Waals surface area contributed by atoms with Crippen molar-refractivity contribution in [1.82, 2.24) is 4.31 Å². The van der Waals surface area contributed by atoms with Crippen LogP contribution in [0.1, 0.15) is 25.7 Å². The fraction of sp³-hybridized carbons (Fsp3) is 0.429. The van der Waals surface area contributed by atoms with Crippen molar-refractivity contribution in [3.8, 4) is 5.75 Å². The van der Waals surface area contributed by atoms with Gasteiger partial charge in [0, 0.05) is 13.1 Å². The maximum atomic E-state index is 13.4. The standard InChI is InChI=1S/C21H26N2O5S2/c1-28-21-12-11-19(13-20(21)22-29(24,25)18-5-3-2-4-6-18)30(26,27)23-14-16-7-8-17(15-23)10-9-16/h2-6,11-13,16-17,22H,7-10,14-15H2,1H3. The normalized spacial score (nSPS) is 22.4. The molecular formula is C21H26N2O5S2. The van der Waals surface area contributed by atoms with E-state index in [4.69, 9.17) is 4.74 Å². The summed E-state index contributed by atoms with van der Waals surface area (Å²) in [5.74, 6) is 1.05. The van der Waals surface area contributed by atoms with Crippen LogP contribution in [0, 0.1) is 11.8 Å². The van der Waals surface area contributed by atoms with Gasteiger partial charge in [-0.05, 0) is 67.9 Å². The Labute approximate surface area is 178 Å². The topological polar surface area (TPSA) is 92.8 Å². The lowest BCUT2D eigenvalue weighted by Crippen LogP contribution is -2.34. The average molecular weight is 451 g/mol. The summed E-state index contributed by atoms with van der Waals surface area (Å²) in [6.07, 6.45) is 4.28. The number of ether oxygens (including phenoxy) is 1. The van der Waals surface area contributed by atoms with Crippen LogP contribution in [0.5, 0.6) is 5.75 Å². The number of methoxy groups -OCH3 is 1. The lowest BCUT2D eigenvalue weighted by atomic mass is 9.84. The molecule has 9 heteroatoms. The Balaban J connectivity index is 1.67. The van der Waals surface area contributed by atoms with Gasteiger partial charge in [-0.3, -0.25) is 4.72 Å². The zero-order valence-electron chi connectivity index (χ0n) is 16.8. The summed E-state index contributed by atoms with van der Waals surface area (Å²) in [4.78, 5) is 0.153. The molecule has 2 aromatic carbocycles. The van der Waals surface area contributed by atoms with Gasteiger partial charge >= 0.3 is 0 Å². The number of benzene rings is 2. The highest BCUT2D eigenvalue weighted by Crippen LogP contribution is 2.37. The van der Waals surface area contributed by atoms with Gasteiger partial charge < -0.3 is 4.74 Å². The zero-order valence-corrected chi connectivity index (χ0v) is 18.5. The third-order valence-electron chi connectivity index (χ3n) is 6.00. The molecule has 5 rings (SSSR count). The Morgan fingerprint density at radius 2 is 1.47 bits per heavy atom. The van der Waals surface area contributed by atoms with Gasteiger partial charge in [-0.2, -0.15) is 4.31 Å². The quantitative estimate of drug-likeness (QED) is 0.729. The minimum absolute atomic E-state index is 0.0651. The van der Waals surface area contributed by atoms with Crippen molar-refractivity contribution >= 4 is 25.7 Å². The third-order valence-corrected chi connectivity index (χ3v) is 9.21. The Bertz CT molecular complexity index is 1100. The predicted molar refractivity (Wildman–Crippen MR) is 114 cm³/mol. The smallest absolute Gasteiger partial charge is 0.262 e. The summed E-state index contributed by atoms with van der Waals surface area (Å²) in [5.41, 5.74) is 0.0974. The first-order valence-corrected chi connectivity index (χ1v) is 13.0. The van der Waals surface area contributed by atoms with Gasteiger partial charge in [0.1, 0.15) is 5.75 Å². The third kappa shape index (κ3) is 4.19. The van der Waals surface area contributed by atoms with Crippen molar-refractivity contribution < 1.29 is 21.6 Å². The summed E-state index contributed by atoms with van der Waals surface area (Å²) < 4.78 is 61.5. The van der Waals surface area contributed by atoms with Crippen LogP contribution >= 0.6 is 0 Å². The van der Waals surface area contributed by atoms with Gasteiger partial charge in [-0.1, -0.05) is 18.2 Å². The van der Waals surface area contributed by atoms with Crippen LogP contribution in [0.2, 0.25) is 0 Å². The van der Waals surface area contributed by atoms with Crippen molar-refractivity contribution in [2.75, 3.05) is 24.9 Å². The van der Waals surface area contributed by atoms with Crippen LogP contribution in [0.3, 0.4) is 0 Å². The number of rotatable bonds is 6. The molecule has 1 saturated carbocycles. The fourth-order valence-corrected chi connectivity index (χ4v) is 7.02. The molecule has 0 spiro atoms. The number of fused-ring (bicyclic) bond motifs is 4. The number of nitrogens with zero attached hydrogens (tertiary/aromatic N) is 1. The lowest BCUT2D eigenvalue weighted by Gasteiger charge is -2.23. The van der Waals surface area contributed by atoms with E-state index < -0.39 is 20.0 Å². The summed E-state index contributed by atoms with van der Waals surface area (Å²) in [7, 11) is -6.21. The number of hydrogen-bond acceptors (Lipinski definition) is 5. The zero-order chi connectivity index (χ0) is 21.4. The highest BCUT2D eigenvalue weighted by atomic mass is 32.2.